The Morgan fingerprint density at radius 1 is 1.36 bits per heavy atom. The fourth-order valence-corrected chi connectivity index (χ4v) is 2.60. The number of hydrogen-bond acceptors (Lipinski definition) is 4. The zero-order chi connectivity index (χ0) is 15.5. The van der Waals surface area contributed by atoms with Crippen LogP contribution in [0.25, 0.3) is 0 Å². The first-order valence-corrected chi connectivity index (χ1v) is 7.19. The van der Waals surface area contributed by atoms with Crippen LogP contribution in [0.15, 0.2) is 36.4 Å². The summed E-state index contributed by atoms with van der Waals surface area (Å²) in [5.41, 5.74) is 3.40. The Hall–Kier alpha value is -2.87. The molecule has 0 spiro atoms. The number of nitriles is 1. The fraction of sp³-hybridized carbons (Fsp3) is 0.235. The molecule has 5 heteroatoms. The Morgan fingerprint density at radius 2 is 2.18 bits per heavy atom. The first kappa shape index (κ1) is 14.1. The number of benzene rings is 1. The van der Waals surface area contributed by atoms with Crippen LogP contribution in [0.4, 0.5) is 11.5 Å². The van der Waals surface area contributed by atoms with Gasteiger partial charge < -0.3 is 10.2 Å². The van der Waals surface area contributed by atoms with Gasteiger partial charge in [0.25, 0.3) is 0 Å². The molecule has 22 heavy (non-hydrogen) atoms. The number of para-hydroxylation sites is 1. The summed E-state index contributed by atoms with van der Waals surface area (Å²) in [4.78, 5) is 18.4. The topological polar surface area (TPSA) is 69.0 Å². The fourth-order valence-electron chi connectivity index (χ4n) is 2.60. The monoisotopic (exact) mass is 292 g/mol. The Morgan fingerprint density at radius 3 is 3.00 bits per heavy atom. The normalized spacial score (nSPS) is 12.6. The van der Waals surface area contributed by atoms with Gasteiger partial charge >= 0.3 is 0 Å². The van der Waals surface area contributed by atoms with Crippen LogP contribution in [-0.2, 0) is 11.2 Å². The number of amides is 1. The van der Waals surface area contributed by atoms with E-state index in [9.17, 15) is 4.79 Å². The highest BCUT2D eigenvalue weighted by Gasteiger charge is 2.23. The average Bonchev–Trinajstić information content (AvgIpc) is 2.98. The predicted octanol–water partition coefficient (Wildman–Crippen LogP) is 2.26. The minimum atomic E-state index is 0.00540. The molecular formula is C17H16N4O. The number of carbonyl (C=O) groups is 1. The lowest BCUT2D eigenvalue weighted by Gasteiger charge is -2.17. The lowest BCUT2D eigenvalue weighted by molar-refractivity contribution is -0.116. The molecule has 0 saturated carbocycles. The molecule has 0 radical (unpaired) electrons. The summed E-state index contributed by atoms with van der Waals surface area (Å²) in [6.07, 6.45) is 0.892. The van der Waals surface area contributed by atoms with Crippen LogP contribution in [0.2, 0.25) is 0 Å². The number of rotatable bonds is 3. The van der Waals surface area contributed by atoms with Gasteiger partial charge in [-0.25, -0.2) is 4.98 Å². The molecule has 0 saturated heterocycles. The van der Waals surface area contributed by atoms with Crippen molar-refractivity contribution in [3.05, 3.63) is 53.2 Å². The van der Waals surface area contributed by atoms with Crippen LogP contribution in [0.3, 0.4) is 0 Å². The summed E-state index contributed by atoms with van der Waals surface area (Å²) < 4.78 is 0. The molecule has 2 aromatic rings. The second-order valence-electron chi connectivity index (χ2n) is 5.25. The highest BCUT2D eigenvalue weighted by molar-refractivity contribution is 5.97. The molecule has 1 aromatic heterocycles. The molecule has 1 aliphatic rings. The molecule has 1 N–H and O–H groups in total. The average molecular weight is 292 g/mol. The van der Waals surface area contributed by atoms with Crippen molar-refractivity contribution in [3.8, 4) is 6.07 Å². The molecule has 3 rings (SSSR count). The van der Waals surface area contributed by atoms with E-state index in [2.05, 4.69) is 16.4 Å². The van der Waals surface area contributed by atoms with Gasteiger partial charge in [0.05, 0.1) is 6.54 Å². The van der Waals surface area contributed by atoms with Crippen molar-refractivity contribution < 1.29 is 4.79 Å². The first-order chi connectivity index (χ1) is 10.7. The van der Waals surface area contributed by atoms with Gasteiger partial charge in [-0.15, -0.1) is 0 Å². The van der Waals surface area contributed by atoms with Crippen LogP contribution in [-0.4, -0.2) is 24.0 Å². The smallest absolute Gasteiger partial charge is 0.246 e. The van der Waals surface area contributed by atoms with Crippen molar-refractivity contribution >= 4 is 17.4 Å². The number of nitrogens with one attached hydrogen (secondary N) is 1. The van der Waals surface area contributed by atoms with Crippen molar-refractivity contribution in [1.82, 2.24) is 4.98 Å². The predicted molar refractivity (Wildman–Crippen MR) is 84.7 cm³/mol. The van der Waals surface area contributed by atoms with Crippen molar-refractivity contribution in [3.63, 3.8) is 0 Å². The van der Waals surface area contributed by atoms with E-state index in [0.29, 0.717) is 18.1 Å². The molecule has 110 valence electrons. The van der Waals surface area contributed by atoms with Gasteiger partial charge in [-0.2, -0.15) is 5.26 Å². The minimum Gasteiger partial charge on any atom is -0.361 e. The van der Waals surface area contributed by atoms with E-state index in [1.807, 2.05) is 37.3 Å². The summed E-state index contributed by atoms with van der Waals surface area (Å²) in [6, 6.07) is 13.6. The van der Waals surface area contributed by atoms with Gasteiger partial charge in [0.15, 0.2) is 0 Å². The van der Waals surface area contributed by atoms with E-state index >= 15 is 0 Å². The van der Waals surface area contributed by atoms with E-state index < -0.39 is 0 Å². The largest absolute Gasteiger partial charge is 0.361 e. The summed E-state index contributed by atoms with van der Waals surface area (Å²) >= 11 is 0. The van der Waals surface area contributed by atoms with Gasteiger partial charge in [-0.3, -0.25) is 4.79 Å². The lowest BCUT2D eigenvalue weighted by atomic mass is 10.2. The molecule has 1 amide bonds. The van der Waals surface area contributed by atoms with E-state index in [4.69, 9.17) is 5.26 Å². The molecule has 1 aliphatic heterocycles. The van der Waals surface area contributed by atoms with Gasteiger partial charge in [-0.1, -0.05) is 24.3 Å². The number of aromatic nitrogens is 1. The number of fused-ring (bicyclic) bond motifs is 1. The highest BCUT2D eigenvalue weighted by Crippen LogP contribution is 2.27. The summed E-state index contributed by atoms with van der Waals surface area (Å²) in [5, 5.41) is 12.0. The Balaban J connectivity index is 1.68. The van der Waals surface area contributed by atoms with Crippen LogP contribution in [0, 0.1) is 18.3 Å². The number of anilines is 2. The van der Waals surface area contributed by atoms with E-state index in [1.165, 1.54) is 5.56 Å². The van der Waals surface area contributed by atoms with E-state index in [1.54, 1.807) is 11.0 Å². The maximum Gasteiger partial charge on any atom is 0.246 e. The standard InChI is InChI=1S/C17H16N4O/c1-12-6-7-16(20-14(12)10-18)19-11-17(22)21-9-8-13-4-2-3-5-15(13)21/h2-7H,8-9,11H2,1H3,(H,19,20). The Kier molecular flexibility index (Phi) is 3.75. The number of hydrogen-bond donors (Lipinski definition) is 1. The van der Waals surface area contributed by atoms with Crippen LogP contribution in [0.5, 0.6) is 0 Å². The summed E-state index contributed by atoms with van der Waals surface area (Å²) in [5.74, 6) is 0.550. The molecule has 0 fully saturated rings. The van der Waals surface area contributed by atoms with Crippen molar-refractivity contribution in [1.29, 1.82) is 5.26 Å². The van der Waals surface area contributed by atoms with Crippen molar-refractivity contribution in [2.24, 2.45) is 0 Å². The van der Waals surface area contributed by atoms with Gasteiger partial charge in [0.1, 0.15) is 17.6 Å². The third-order valence-corrected chi connectivity index (χ3v) is 3.81. The van der Waals surface area contributed by atoms with Crippen molar-refractivity contribution in [2.75, 3.05) is 23.3 Å². The van der Waals surface area contributed by atoms with Crippen LogP contribution in [0.1, 0.15) is 16.8 Å². The highest BCUT2D eigenvalue weighted by atomic mass is 16.2. The number of nitrogens with zero attached hydrogens (tertiary/aromatic N) is 3. The minimum absolute atomic E-state index is 0.00540. The van der Waals surface area contributed by atoms with Gasteiger partial charge in [0, 0.05) is 12.2 Å². The SMILES string of the molecule is Cc1ccc(NCC(=O)N2CCc3ccccc32)nc1C#N. The number of pyridine rings is 1. The third-order valence-electron chi connectivity index (χ3n) is 3.81. The molecule has 0 unspecified atom stereocenters. The van der Waals surface area contributed by atoms with E-state index in [0.717, 1.165) is 17.7 Å². The molecular weight excluding hydrogens is 276 g/mol. The Bertz CT molecular complexity index is 763. The maximum atomic E-state index is 12.4. The van der Waals surface area contributed by atoms with Gasteiger partial charge in [-0.05, 0) is 36.6 Å². The lowest BCUT2D eigenvalue weighted by Crippen LogP contribution is -2.34. The molecule has 0 atom stereocenters. The third kappa shape index (κ3) is 2.63. The van der Waals surface area contributed by atoms with E-state index in [-0.39, 0.29) is 12.5 Å². The van der Waals surface area contributed by atoms with Crippen LogP contribution >= 0.6 is 0 Å². The van der Waals surface area contributed by atoms with Crippen LogP contribution < -0.4 is 10.2 Å². The quantitative estimate of drug-likeness (QED) is 0.942. The maximum absolute atomic E-state index is 12.4. The Labute approximate surface area is 129 Å². The summed E-state index contributed by atoms with van der Waals surface area (Å²) in [7, 11) is 0. The molecule has 0 bridgehead atoms. The molecule has 5 nitrogen and oxygen atoms in total. The molecule has 1 aromatic carbocycles. The molecule has 2 heterocycles. The molecule has 0 aliphatic carbocycles. The second-order valence-corrected chi connectivity index (χ2v) is 5.25. The zero-order valence-corrected chi connectivity index (χ0v) is 12.3. The zero-order valence-electron chi connectivity index (χ0n) is 12.3. The first-order valence-electron chi connectivity index (χ1n) is 7.19. The summed E-state index contributed by atoms with van der Waals surface area (Å²) in [6.45, 7) is 2.71. The number of aryl methyl sites for hydroxylation is 1. The second kappa shape index (κ2) is 5.86. The van der Waals surface area contributed by atoms with Crippen molar-refractivity contribution in [2.45, 2.75) is 13.3 Å². The van der Waals surface area contributed by atoms with Gasteiger partial charge in [0.2, 0.25) is 5.91 Å². The number of carbonyl (C=O) groups excluding carboxylic acids is 1.